The molecule has 0 atom stereocenters. The van der Waals surface area contributed by atoms with Crippen LogP contribution < -0.4 is 5.32 Å². The molecule has 3 rings (SSSR count). The molecule has 0 spiro atoms. The predicted molar refractivity (Wildman–Crippen MR) is 100.0 cm³/mol. The van der Waals surface area contributed by atoms with Crippen molar-refractivity contribution in [1.82, 2.24) is 4.57 Å². The number of aryl methyl sites for hydroxylation is 2. The molecule has 0 aliphatic heterocycles. The second kappa shape index (κ2) is 7.04. The number of nitrogens with zero attached hydrogens (tertiary/aromatic N) is 1. The molecule has 1 aliphatic rings. The summed E-state index contributed by atoms with van der Waals surface area (Å²) in [5.74, 6) is -0.808. The van der Waals surface area contributed by atoms with E-state index in [1.165, 1.54) is 0 Å². The molecular formula is C19H21BrN2O3. The minimum atomic E-state index is -0.456. The molecule has 2 aromatic rings. The number of carbonyl (C=O) groups is 2. The van der Waals surface area contributed by atoms with Gasteiger partial charge in [0.15, 0.2) is 6.61 Å². The Morgan fingerprint density at radius 1 is 1.24 bits per heavy atom. The third-order valence-corrected chi connectivity index (χ3v) is 4.91. The number of ether oxygens (including phenoxy) is 1. The summed E-state index contributed by atoms with van der Waals surface area (Å²) in [7, 11) is 0. The van der Waals surface area contributed by atoms with Crippen LogP contribution in [0.15, 0.2) is 28.7 Å². The highest BCUT2D eigenvalue weighted by molar-refractivity contribution is 9.10. The average Bonchev–Trinajstić information content (AvgIpc) is 3.33. The molecular weight excluding hydrogens is 384 g/mol. The number of benzene rings is 1. The van der Waals surface area contributed by atoms with Gasteiger partial charge in [-0.3, -0.25) is 4.79 Å². The SMILES string of the molecule is Cc1cc(Br)ccc1NC(=O)COC(=O)c1cc(C)n(C2CC2)c1C. The molecule has 0 radical (unpaired) electrons. The van der Waals surface area contributed by atoms with Gasteiger partial charge >= 0.3 is 5.97 Å². The van der Waals surface area contributed by atoms with Crippen molar-refractivity contribution in [2.45, 2.75) is 39.7 Å². The molecule has 1 aromatic carbocycles. The minimum Gasteiger partial charge on any atom is -0.452 e. The summed E-state index contributed by atoms with van der Waals surface area (Å²) in [6.45, 7) is 5.51. The lowest BCUT2D eigenvalue weighted by Gasteiger charge is -2.10. The van der Waals surface area contributed by atoms with Crippen molar-refractivity contribution in [1.29, 1.82) is 0 Å². The number of rotatable bonds is 5. The fourth-order valence-corrected chi connectivity index (χ4v) is 3.52. The summed E-state index contributed by atoms with van der Waals surface area (Å²) in [5.41, 5.74) is 4.14. The molecule has 25 heavy (non-hydrogen) atoms. The van der Waals surface area contributed by atoms with Crippen LogP contribution in [-0.4, -0.2) is 23.1 Å². The van der Waals surface area contributed by atoms with Crippen LogP contribution in [0.2, 0.25) is 0 Å². The Labute approximate surface area is 155 Å². The van der Waals surface area contributed by atoms with Gasteiger partial charge in [-0.25, -0.2) is 4.79 Å². The van der Waals surface area contributed by atoms with Gasteiger partial charge in [0.25, 0.3) is 5.91 Å². The number of hydrogen-bond donors (Lipinski definition) is 1. The molecule has 0 unspecified atom stereocenters. The molecule has 1 aliphatic carbocycles. The van der Waals surface area contributed by atoms with Crippen LogP contribution in [-0.2, 0) is 9.53 Å². The molecule has 1 amide bonds. The van der Waals surface area contributed by atoms with E-state index >= 15 is 0 Å². The van der Waals surface area contributed by atoms with Gasteiger partial charge in [0, 0.05) is 27.6 Å². The predicted octanol–water partition coefficient (Wildman–Crippen LogP) is 4.31. The van der Waals surface area contributed by atoms with Crippen molar-refractivity contribution in [2.75, 3.05) is 11.9 Å². The van der Waals surface area contributed by atoms with E-state index in [4.69, 9.17) is 4.74 Å². The number of anilines is 1. The van der Waals surface area contributed by atoms with E-state index in [0.29, 0.717) is 17.3 Å². The van der Waals surface area contributed by atoms with Gasteiger partial charge in [-0.2, -0.15) is 0 Å². The molecule has 0 bridgehead atoms. The van der Waals surface area contributed by atoms with Gasteiger partial charge in [0.1, 0.15) is 0 Å². The van der Waals surface area contributed by atoms with Crippen molar-refractivity contribution in [3.63, 3.8) is 0 Å². The molecule has 1 N–H and O–H groups in total. The maximum atomic E-state index is 12.3. The first-order chi connectivity index (χ1) is 11.9. The lowest BCUT2D eigenvalue weighted by Crippen LogP contribution is -2.21. The summed E-state index contributed by atoms with van der Waals surface area (Å²) in [6.07, 6.45) is 2.31. The Hall–Kier alpha value is -2.08. The van der Waals surface area contributed by atoms with E-state index in [9.17, 15) is 9.59 Å². The van der Waals surface area contributed by atoms with Gasteiger partial charge in [-0.15, -0.1) is 0 Å². The van der Waals surface area contributed by atoms with Crippen molar-refractivity contribution >= 4 is 33.5 Å². The number of carbonyl (C=O) groups excluding carboxylic acids is 2. The van der Waals surface area contributed by atoms with Gasteiger partial charge in [0.05, 0.1) is 5.56 Å². The molecule has 6 heteroatoms. The highest BCUT2D eigenvalue weighted by atomic mass is 79.9. The van der Waals surface area contributed by atoms with Gasteiger partial charge in [-0.05, 0) is 63.4 Å². The summed E-state index contributed by atoms with van der Waals surface area (Å²) in [5, 5.41) is 2.76. The van der Waals surface area contributed by atoms with E-state index in [-0.39, 0.29) is 12.5 Å². The van der Waals surface area contributed by atoms with Crippen LogP contribution >= 0.6 is 15.9 Å². The van der Waals surface area contributed by atoms with Gasteiger partial charge in [0.2, 0.25) is 0 Å². The number of hydrogen-bond acceptors (Lipinski definition) is 3. The number of aromatic nitrogens is 1. The van der Waals surface area contributed by atoms with Crippen LogP contribution in [0, 0.1) is 20.8 Å². The number of halogens is 1. The van der Waals surface area contributed by atoms with E-state index < -0.39 is 5.97 Å². The normalized spacial score (nSPS) is 13.6. The zero-order valence-electron chi connectivity index (χ0n) is 14.6. The third kappa shape index (κ3) is 3.95. The summed E-state index contributed by atoms with van der Waals surface area (Å²) in [6, 6.07) is 7.91. The standard InChI is InChI=1S/C19H21BrN2O3/c1-11-8-14(20)4-7-17(11)21-18(23)10-25-19(24)16-9-12(2)22(13(16)3)15-5-6-15/h4,7-9,15H,5-6,10H2,1-3H3,(H,21,23). The minimum absolute atomic E-state index is 0.304. The quantitative estimate of drug-likeness (QED) is 0.755. The van der Waals surface area contributed by atoms with Crippen molar-refractivity contribution < 1.29 is 14.3 Å². The topological polar surface area (TPSA) is 60.3 Å². The fraction of sp³-hybridized carbons (Fsp3) is 0.368. The first-order valence-corrected chi connectivity index (χ1v) is 9.07. The van der Waals surface area contributed by atoms with E-state index in [2.05, 4.69) is 25.8 Å². The largest absolute Gasteiger partial charge is 0.452 e. The van der Waals surface area contributed by atoms with E-state index in [1.807, 2.05) is 45.0 Å². The smallest absolute Gasteiger partial charge is 0.340 e. The Balaban J connectivity index is 1.60. The van der Waals surface area contributed by atoms with Gasteiger partial charge in [-0.1, -0.05) is 15.9 Å². The fourth-order valence-electron chi connectivity index (χ4n) is 3.04. The number of nitrogens with one attached hydrogen (secondary N) is 1. The Bertz CT molecular complexity index is 837. The Morgan fingerprint density at radius 3 is 2.60 bits per heavy atom. The lowest BCUT2D eigenvalue weighted by molar-refractivity contribution is -0.119. The molecule has 1 heterocycles. The number of esters is 1. The van der Waals surface area contributed by atoms with Crippen LogP contribution in [0.4, 0.5) is 5.69 Å². The van der Waals surface area contributed by atoms with Gasteiger partial charge < -0.3 is 14.6 Å². The molecule has 1 saturated carbocycles. The lowest BCUT2D eigenvalue weighted by atomic mass is 10.2. The molecule has 1 fully saturated rings. The van der Waals surface area contributed by atoms with Crippen molar-refractivity contribution in [3.05, 3.63) is 51.3 Å². The highest BCUT2D eigenvalue weighted by Crippen LogP contribution is 2.38. The molecule has 0 saturated heterocycles. The first-order valence-electron chi connectivity index (χ1n) is 8.28. The van der Waals surface area contributed by atoms with Crippen molar-refractivity contribution in [2.24, 2.45) is 0 Å². The van der Waals surface area contributed by atoms with Crippen LogP contribution in [0.1, 0.15) is 46.2 Å². The third-order valence-electron chi connectivity index (χ3n) is 4.41. The monoisotopic (exact) mass is 404 g/mol. The maximum Gasteiger partial charge on any atom is 0.340 e. The Morgan fingerprint density at radius 2 is 1.96 bits per heavy atom. The zero-order valence-corrected chi connectivity index (χ0v) is 16.1. The second-order valence-electron chi connectivity index (χ2n) is 6.47. The highest BCUT2D eigenvalue weighted by Gasteiger charge is 2.28. The Kier molecular flexibility index (Phi) is 4.99. The second-order valence-corrected chi connectivity index (χ2v) is 7.39. The average molecular weight is 405 g/mol. The van der Waals surface area contributed by atoms with Crippen LogP contribution in [0.25, 0.3) is 0 Å². The van der Waals surface area contributed by atoms with Crippen molar-refractivity contribution in [3.8, 4) is 0 Å². The molecule has 132 valence electrons. The maximum absolute atomic E-state index is 12.3. The van der Waals surface area contributed by atoms with Crippen LogP contribution in [0.3, 0.4) is 0 Å². The van der Waals surface area contributed by atoms with E-state index in [0.717, 1.165) is 34.3 Å². The summed E-state index contributed by atoms with van der Waals surface area (Å²) < 4.78 is 8.33. The number of amides is 1. The molecule has 1 aromatic heterocycles. The summed E-state index contributed by atoms with van der Waals surface area (Å²) >= 11 is 3.38. The zero-order chi connectivity index (χ0) is 18.1. The van der Waals surface area contributed by atoms with E-state index in [1.54, 1.807) is 0 Å². The van der Waals surface area contributed by atoms with Crippen LogP contribution in [0.5, 0.6) is 0 Å². The first kappa shape index (κ1) is 17.7. The summed E-state index contributed by atoms with van der Waals surface area (Å²) in [4.78, 5) is 24.4. The molecule has 5 nitrogen and oxygen atoms in total.